The van der Waals surface area contributed by atoms with E-state index in [4.69, 9.17) is 10.5 Å². The SMILES string of the molecule is NC(=S)CNC(=O)C(=O)NCC1CCCO1. The van der Waals surface area contributed by atoms with E-state index in [-0.39, 0.29) is 17.6 Å². The number of hydrogen-bond acceptors (Lipinski definition) is 4. The third-order valence-corrected chi connectivity index (χ3v) is 2.29. The van der Waals surface area contributed by atoms with Crippen LogP contribution in [-0.2, 0) is 14.3 Å². The molecule has 0 aromatic carbocycles. The summed E-state index contributed by atoms with van der Waals surface area (Å²) in [5, 5.41) is 4.79. The lowest BCUT2D eigenvalue weighted by atomic mass is 10.2. The number of rotatable bonds is 4. The first-order valence-corrected chi connectivity index (χ1v) is 5.46. The van der Waals surface area contributed by atoms with Crippen molar-refractivity contribution in [1.29, 1.82) is 0 Å². The zero-order chi connectivity index (χ0) is 12.0. The molecular weight excluding hydrogens is 230 g/mol. The molecule has 0 aromatic heterocycles. The Kier molecular flexibility index (Phi) is 5.13. The van der Waals surface area contributed by atoms with Gasteiger partial charge in [0.1, 0.15) is 0 Å². The quantitative estimate of drug-likeness (QED) is 0.422. The zero-order valence-corrected chi connectivity index (χ0v) is 9.64. The third kappa shape index (κ3) is 4.54. The van der Waals surface area contributed by atoms with Crippen molar-refractivity contribution in [1.82, 2.24) is 10.6 Å². The second-order valence-electron chi connectivity index (χ2n) is 3.49. The van der Waals surface area contributed by atoms with Crippen molar-refractivity contribution in [3.8, 4) is 0 Å². The summed E-state index contributed by atoms with van der Waals surface area (Å²) in [5.41, 5.74) is 5.18. The lowest BCUT2D eigenvalue weighted by Crippen LogP contribution is -2.44. The van der Waals surface area contributed by atoms with Crippen LogP contribution < -0.4 is 16.4 Å². The summed E-state index contributed by atoms with van der Waals surface area (Å²) < 4.78 is 5.29. The third-order valence-electron chi connectivity index (χ3n) is 2.14. The fourth-order valence-electron chi connectivity index (χ4n) is 1.34. The van der Waals surface area contributed by atoms with E-state index in [9.17, 15) is 9.59 Å². The number of carbonyl (C=O) groups excluding carboxylic acids is 2. The van der Waals surface area contributed by atoms with E-state index in [1.165, 1.54) is 0 Å². The molecule has 1 aliphatic heterocycles. The van der Waals surface area contributed by atoms with E-state index < -0.39 is 11.8 Å². The van der Waals surface area contributed by atoms with Gasteiger partial charge in [-0.05, 0) is 12.8 Å². The van der Waals surface area contributed by atoms with Gasteiger partial charge in [0.05, 0.1) is 17.6 Å². The van der Waals surface area contributed by atoms with Crippen molar-refractivity contribution >= 4 is 29.0 Å². The summed E-state index contributed by atoms with van der Waals surface area (Å²) >= 11 is 4.56. The number of nitrogens with two attached hydrogens (primary N) is 1. The van der Waals surface area contributed by atoms with Crippen LogP contribution in [0.15, 0.2) is 0 Å². The van der Waals surface area contributed by atoms with Crippen LogP contribution in [0.4, 0.5) is 0 Å². The van der Waals surface area contributed by atoms with Crippen LogP contribution in [0.1, 0.15) is 12.8 Å². The Bertz CT molecular complexity index is 290. The first-order valence-electron chi connectivity index (χ1n) is 5.05. The van der Waals surface area contributed by atoms with E-state index in [1.54, 1.807) is 0 Å². The molecule has 6 nitrogen and oxygen atoms in total. The summed E-state index contributed by atoms with van der Waals surface area (Å²) in [7, 11) is 0. The highest BCUT2D eigenvalue weighted by Gasteiger charge is 2.18. The van der Waals surface area contributed by atoms with Gasteiger partial charge in [-0.15, -0.1) is 0 Å². The zero-order valence-electron chi connectivity index (χ0n) is 8.82. The second kappa shape index (κ2) is 6.39. The molecule has 2 amide bonds. The Hall–Kier alpha value is -1.21. The van der Waals surface area contributed by atoms with Gasteiger partial charge in [-0.25, -0.2) is 0 Å². The molecule has 0 spiro atoms. The van der Waals surface area contributed by atoms with Crippen LogP contribution in [0.5, 0.6) is 0 Å². The average Bonchev–Trinajstić information content (AvgIpc) is 2.75. The number of hydrogen-bond donors (Lipinski definition) is 3. The molecule has 0 aromatic rings. The maximum absolute atomic E-state index is 11.2. The number of nitrogens with one attached hydrogen (secondary N) is 2. The van der Waals surface area contributed by atoms with Gasteiger partial charge in [0.2, 0.25) is 0 Å². The van der Waals surface area contributed by atoms with Crippen LogP contribution in [-0.4, -0.2) is 42.6 Å². The van der Waals surface area contributed by atoms with Crippen LogP contribution in [0.2, 0.25) is 0 Å². The van der Waals surface area contributed by atoms with Gasteiger partial charge in [-0.3, -0.25) is 9.59 Å². The standard InChI is InChI=1S/C9H15N3O3S/c10-7(16)5-12-9(14)8(13)11-4-6-2-1-3-15-6/h6H,1-5H2,(H2,10,16)(H,11,13)(H,12,14). The van der Waals surface area contributed by atoms with Crippen molar-refractivity contribution in [2.24, 2.45) is 5.73 Å². The molecule has 1 rings (SSSR count). The molecule has 1 atom stereocenters. The monoisotopic (exact) mass is 245 g/mol. The first-order chi connectivity index (χ1) is 7.59. The van der Waals surface area contributed by atoms with Crippen molar-refractivity contribution in [2.75, 3.05) is 19.7 Å². The molecule has 16 heavy (non-hydrogen) atoms. The number of carbonyl (C=O) groups is 2. The lowest BCUT2D eigenvalue weighted by molar-refractivity contribution is -0.139. The lowest BCUT2D eigenvalue weighted by Gasteiger charge is -2.10. The molecule has 0 bridgehead atoms. The molecule has 0 radical (unpaired) electrons. The number of thiocarbonyl (C=S) groups is 1. The minimum atomic E-state index is -0.731. The van der Waals surface area contributed by atoms with Crippen LogP contribution in [0, 0.1) is 0 Å². The number of ether oxygens (including phenoxy) is 1. The summed E-state index contributed by atoms with van der Waals surface area (Å²) in [4.78, 5) is 22.6. The average molecular weight is 245 g/mol. The predicted molar refractivity (Wildman–Crippen MR) is 61.8 cm³/mol. The van der Waals surface area contributed by atoms with Crippen molar-refractivity contribution in [3.63, 3.8) is 0 Å². The maximum atomic E-state index is 11.2. The van der Waals surface area contributed by atoms with Crippen LogP contribution in [0.3, 0.4) is 0 Å². The maximum Gasteiger partial charge on any atom is 0.309 e. The Morgan fingerprint density at radius 3 is 2.62 bits per heavy atom. The highest BCUT2D eigenvalue weighted by Crippen LogP contribution is 2.10. The Balaban J connectivity index is 2.17. The van der Waals surface area contributed by atoms with E-state index in [0.29, 0.717) is 13.2 Å². The smallest absolute Gasteiger partial charge is 0.309 e. The topological polar surface area (TPSA) is 93.5 Å². The highest BCUT2D eigenvalue weighted by molar-refractivity contribution is 7.80. The van der Waals surface area contributed by atoms with E-state index in [1.807, 2.05) is 0 Å². The molecule has 4 N–H and O–H groups in total. The van der Waals surface area contributed by atoms with Gasteiger partial charge in [0, 0.05) is 13.2 Å². The van der Waals surface area contributed by atoms with Gasteiger partial charge < -0.3 is 21.1 Å². The first kappa shape index (κ1) is 12.9. The van der Waals surface area contributed by atoms with Gasteiger partial charge in [0.15, 0.2) is 0 Å². The summed E-state index contributed by atoms with van der Waals surface area (Å²) in [6.07, 6.45) is 1.93. The molecule has 1 fully saturated rings. The molecule has 7 heteroatoms. The molecule has 1 unspecified atom stereocenters. The summed E-state index contributed by atoms with van der Waals surface area (Å²) in [6.45, 7) is 1.11. The number of amides is 2. The van der Waals surface area contributed by atoms with Gasteiger partial charge >= 0.3 is 11.8 Å². The molecule has 0 aliphatic carbocycles. The van der Waals surface area contributed by atoms with E-state index in [2.05, 4.69) is 22.9 Å². The van der Waals surface area contributed by atoms with Gasteiger partial charge in [-0.2, -0.15) is 0 Å². The fraction of sp³-hybridized carbons (Fsp3) is 0.667. The molecule has 90 valence electrons. The predicted octanol–water partition coefficient (Wildman–Crippen LogP) is -1.32. The fourth-order valence-corrected chi connectivity index (χ4v) is 1.41. The van der Waals surface area contributed by atoms with E-state index in [0.717, 1.165) is 12.8 Å². The van der Waals surface area contributed by atoms with Gasteiger partial charge in [0.25, 0.3) is 0 Å². The molecular formula is C9H15N3O3S. The minimum Gasteiger partial charge on any atom is -0.392 e. The summed E-state index contributed by atoms with van der Waals surface area (Å²) in [5.74, 6) is -1.42. The largest absolute Gasteiger partial charge is 0.392 e. The summed E-state index contributed by atoms with van der Waals surface area (Å²) in [6, 6.07) is 0. The van der Waals surface area contributed by atoms with Crippen LogP contribution in [0.25, 0.3) is 0 Å². The second-order valence-corrected chi connectivity index (χ2v) is 4.02. The van der Waals surface area contributed by atoms with Gasteiger partial charge in [-0.1, -0.05) is 12.2 Å². The van der Waals surface area contributed by atoms with E-state index >= 15 is 0 Å². The Morgan fingerprint density at radius 2 is 2.06 bits per heavy atom. The Labute approximate surface area is 98.9 Å². The molecule has 1 aliphatic rings. The molecule has 0 saturated carbocycles. The minimum absolute atomic E-state index is 0.0207. The van der Waals surface area contributed by atoms with Crippen molar-refractivity contribution < 1.29 is 14.3 Å². The van der Waals surface area contributed by atoms with Crippen molar-refractivity contribution in [2.45, 2.75) is 18.9 Å². The Morgan fingerprint density at radius 1 is 1.38 bits per heavy atom. The molecule has 1 heterocycles. The highest BCUT2D eigenvalue weighted by atomic mass is 32.1. The van der Waals surface area contributed by atoms with Crippen molar-refractivity contribution in [3.05, 3.63) is 0 Å². The normalized spacial score (nSPS) is 19.1. The molecule has 1 saturated heterocycles. The van der Waals surface area contributed by atoms with Crippen LogP contribution >= 0.6 is 12.2 Å².